The first-order valence-corrected chi connectivity index (χ1v) is 6.28. The van der Waals surface area contributed by atoms with Crippen molar-refractivity contribution in [1.29, 1.82) is 0 Å². The van der Waals surface area contributed by atoms with Crippen molar-refractivity contribution in [2.75, 3.05) is 11.5 Å². The fourth-order valence-electron chi connectivity index (χ4n) is 1.83. The van der Waals surface area contributed by atoms with Crippen molar-refractivity contribution in [3.63, 3.8) is 0 Å². The Morgan fingerprint density at radius 3 is 2.08 bits per heavy atom. The maximum absolute atomic E-state index is 11.1. The molecule has 2 aliphatic rings. The van der Waals surface area contributed by atoms with E-state index in [0.717, 1.165) is 11.5 Å². The second-order valence-electron chi connectivity index (χ2n) is 3.45. The Balaban J connectivity index is 2.12. The predicted octanol–water partition coefficient (Wildman–Crippen LogP) is 0.247. The molecule has 2 atom stereocenters. The molecule has 74 valence electrons. The molecule has 1 aliphatic carbocycles. The number of thioether (sulfide) groups is 2. The highest BCUT2D eigenvalue weighted by Crippen LogP contribution is 2.52. The number of carbonyl (C=O) groups excluding carboxylic acids is 1. The van der Waals surface area contributed by atoms with Crippen LogP contribution in [0.2, 0.25) is 0 Å². The summed E-state index contributed by atoms with van der Waals surface area (Å²) in [7, 11) is 0. The quantitative estimate of drug-likeness (QED) is 0.613. The van der Waals surface area contributed by atoms with Crippen LogP contribution in [0.25, 0.3) is 0 Å². The van der Waals surface area contributed by atoms with Gasteiger partial charge in [-0.25, -0.2) is 0 Å². The molecule has 13 heavy (non-hydrogen) atoms. The largest absolute Gasteiger partial charge is 0.385 e. The van der Waals surface area contributed by atoms with E-state index in [0.29, 0.717) is 12.8 Å². The molecule has 0 bridgehead atoms. The summed E-state index contributed by atoms with van der Waals surface area (Å²) < 4.78 is -0.0905. The van der Waals surface area contributed by atoms with Crippen LogP contribution in [0.1, 0.15) is 12.8 Å². The highest BCUT2D eigenvalue weighted by Gasteiger charge is 2.47. The van der Waals surface area contributed by atoms with Crippen molar-refractivity contribution < 1.29 is 15.0 Å². The number of carbonyl (C=O) groups is 1. The van der Waals surface area contributed by atoms with E-state index in [9.17, 15) is 15.0 Å². The van der Waals surface area contributed by atoms with Crippen LogP contribution in [0.4, 0.5) is 0 Å². The smallest absolute Gasteiger partial charge is 0.189 e. The van der Waals surface area contributed by atoms with Gasteiger partial charge >= 0.3 is 0 Å². The van der Waals surface area contributed by atoms with E-state index in [1.165, 1.54) is 0 Å². The van der Waals surface area contributed by atoms with E-state index < -0.39 is 18.0 Å². The van der Waals surface area contributed by atoms with Crippen LogP contribution >= 0.6 is 23.5 Å². The fourth-order valence-corrected chi connectivity index (χ4v) is 5.18. The second kappa shape index (κ2) is 3.46. The first kappa shape index (κ1) is 9.83. The standard InChI is InChI=1S/C8H12O3S2/c9-5-3-8(12-1-2-13-8)4-6(10)7(5)11/h5-6,9-10H,1-4H2/t5-,6-/m1/s1. The molecule has 2 N–H and O–H groups in total. The summed E-state index contributed by atoms with van der Waals surface area (Å²) in [5.41, 5.74) is 0. The van der Waals surface area contributed by atoms with Gasteiger partial charge in [-0.3, -0.25) is 4.79 Å². The molecule has 3 nitrogen and oxygen atoms in total. The Bertz CT molecular complexity index is 209. The van der Waals surface area contributed by atoms with Gasteiger partial charge in [-0.2, -0.15) is 0 Å². The highest BCUT2D eigenvalue weighted by molar-refractivity contribution is 8.21. The summed E-state index contributed by atoms with van der Waals surface area (Å²) in [5.74, 6) is 1.70. The second-order valence-corrected chi connectivity index (χ2v) is 6.67. The summed E-state index contributed by atoms with van der Waals surface area (Å²) in [6, 6.07) is 0. The molecule has 2 fully saturated rings. The SMILES string of the molecule is O=C1[C@H](O)CC2(C[C@H]1O)SCCS2. The highest BCUT2D eigenvalue weighted by atomic mass is 32.2. The molecule has 0 amide bonds. The molecule has 1 saturated carbocycles. The molecule has 2 rings (SSSR count). The van der Waals surface area contributed by atoms with Crippen molar-refractivity contribution >= 4 is 29.3 Å². The van der Waals surface area contributed by atoms with Gasteiger partial charge in [-0.05, 0) is 0 Å². The maximum Gasteiger partial charge on any atom is 0.189 e. The van der Waals surface area contributed by atoms with E-state index in [4.69, 9.17) is 0 Å². The van der Waals surface area contributed by atoms with Gasteiger partial charge in [0, 0.05) is 24.3 Å². The Morgan fingerprint density at radius 1 is 1.15 bits per heavy atom. The third-order valence-electron chi connectivity index (χ3n) is 2.48. The molecule has 0 unspecified atom stereocenters. The van der Waals surface area contributed by atoms with E-state index in [1.54, 1.807) is 23.5 Å². The fraction of sp³-hybridized carbons (Fsp3) is 0.875. The molecule has 1 heterocycles. The number of Topliss-reactive ketones (excluding diaryl/α,β-unsaturated/α-hetero) is 1. The summed E-state index contributed by atoms with van der Waals surface area (Å²) in [4.78, 5) is 11.1. The number of hydrogen-bond acceptors (Lipinski definition) is 5. The molecular weight excluding hydrogens is 208 g/mol. The molecular formula is C8H12O3S2. The number of aliphatic hydroxyl groups is 2. The van der Waals surface area contributed by atoms with Crippen LogP contribution in [-0.2, 0) is 4.79 Å². The van der Waals surface area contributed by atoms with Crippen LogP contribution in [-0.4, -0.2) is 43.8 Å². The Kier molecular flexibility index (Phi) is 2.61. The minimum Gasteiger partial charge on any atom is -0.385 e. The van der Waals surface area contributed by atoms with Crippen molar-refractivity contribution in [2.45, 2.75) is 29.1 Å². The number of hydrogen-bond donors (Lipinski definition) is 2. The zero-order valence-electron chi connectivity index (χ0n) is 7.10. The molecule has 0 aromatic carbocycles. The number of aliphatic hydroxyl groups excluding tert-OH is 2. The number of rotatable bonds is 0. The average molecular weight is 220 g/mol. The van der Waals surface area contributed by atoms with Gasteiger partial charge in [-0.15, -0.1) is 23.5 Å². The maximum atomic E-state index is 11.1. The predicted molar refractivity (Wildman–Crippen MR) is 53.9 cm³/mol. The first-order valence-electron chi connectivity index (χ1n) is 4.31. The van der Waals surface area contributed by atoms with Gasteiger partial charge in [0.15, 0.2) is 5.78 Å². The van der Waals surface area contributed by atoms with E-state index >= 15 is 0 Å². The lowest BCUT2D eigenvalue weighted by Gasteiger charge is -2.35. The van der Waals surface area contributed by atoms with Gasteiger partial charge in [0.25, 0.3) is 0 Å². The topological polar surface area (TPSA) is 57.5 Å². The van der Waals surface area contributed by atoms with Gasteiger partial charge in [0.05, 0.1) is 4.08 Å². The molecule has 0 radical (unpaired) electrons. The molecule has 1 spiro atoms. The van der Waals surface area contributed by atoms with Crippen molar-refractivity contribution in [1.82, 2.24) is 0 Å². The van der Waals surface area contributed by atoms with Crippen LogP contribution in [0.3, 0.4) is 0 Å². The number of ketones is 1. The van der Waals surface area contributed by atoms with Gasteiger partial charge < -0.3 is 10.2 Å². The zero-order valence-corrected chi connectivity index (χ0v) is 8.74. The lowest BCUT2D eigenvalue weighted by atomic mass is 9.93. The van der Waals surface area contributed by atoms with Crippen molar-refractivity contribution in [3.05, 3.63) is 0 Å². The molecule has 1 saturated heterocycles. The summed E-state index contributed by atoms with van der Waals surface area (Å²) in [5, 5.41) is 18.9. The molecule has 5 heteroatoms. The van der Waals surface area contributed by atoms with E-state index in [1.807, 2.05) is 0 Å². The zero-order chi connectivity index (χ0) is 9.47. The third-order valence-corrected chi connectivity index (χ3v) is 5.98. The van der Waals surface area contributed by atoms with Crippen LogP contribution in [0, 0.1) is 0 Å². The third kappa shape index (κ3) is 1.75. The van der Waals surface area contributed by atoms with Gasteiger partial charge in [0.2, 0.25) is 0 Å². The molecule has 0 aromatic rings. The Morgan fingerprint density at radius 2 is 1.62 bits per heavy atom. The summed E-state index contributed by atoms with van der Waals surface area (Å²) >= 11 is 3.53. The van der Waals surface area contributed by atoms with Crippen LogP contribution in [0.15, 0.2) is 0 Å². The van der Waals surface area contributed by atoms with E-state index in [-0.39, 0.29) is 4.08 Å². The van der Waals surface area contributed by atoms with Crippen LogP contribution < -0.4 is 0 Å². The minimum absolute atomic E-state index is 0.0905. The van der Waals surface area contributed by atoms with Gasteiger partial charge in [-0.1, -0.05) is 0 Å². The lowest BCUT2D eigenvalue weighted by molar-refractivity contribution is -0.139. The van der Waals surface area contributed by atoms with E-state index in [2.05, 4.69) is 0 Å². The monoisotopic (exact) mass is 220 g/mol. The Hall–Kier alpha value is 0.290. The summed E-state index contributed by atoms with van der Waals surface area (Å²) in [6.45, 7) is 0. The summed E-state index contributed by atoms with van der Waals surface area (Å²) in [6.07, 6.45) is -0.917. The minimum atomic E-state index is -0.957. The van der Waals surface area contributed by atoms with Crippen molar-refractivity contribution in [2.24, 2.45) is 0 Å². The normalized spacial score (nSPS) is 38.5. The lowest BCUT2D eigenvalue weighted by Crippen LogP contribution is -2.45. The Labute approximate surface area is 85.3 Å². The molecule has 0 aromatic heterocycles. The van der Waals surface area contributed by atoms with Crippen LogP contribution in [0.5, 0.6) is 0 Å². The average Bonchev–Trinajstić information content (AvgIpc) is 2.49. The molecule has 1 aliphatic heterocycles. The first-order chi connectivity index (χ1) is 6.13. The van der Waals surface area contributed by atoms with Gasteiger partial charge in [0.1, 0.15) is 12.2 Å². The van der Waals surface area contributed by atoms with Crippen molar-refractivity contribution in [3.8, 4) is 0 Å².